The fourth-order valence-electron chi connectivity index (χ4n) is 2.79. The molecule has 4 nitrogen and oxygen atoms in total. The molecule has 2 unspecified atom stereocenters. The van der Waals surface area contributed by atoms with Crippen molar-refractivity contribution in [3.63, 3.8) is 0 Å². The Morgan fingerprint density at radius 3 is 2.81 bits per heavy atom. The SMILES string of the molecule is CC(c1ccccc1OC(F)F)N1CCCC(C(=O)O)C1. The Labute approximate surface area is 122 Å². The Bertz CT molecular complexity index is 496. The minimum absolute atomic E-state index is 0.150. The predicted molar refractivity (Wildman–Crippen MR) is 73.4 cm³/mol. The van der Waals surface area contributed by atoms with E-state index in [4.69, 9.17) is 5.11 Å². The summed E-state index contributed by atoms with van der Waals surface area (Å²) < 4.78 is 29.5. The van der Waals surface area contributed by atoms with E-state index < -0.39 is 18.5 Å². The topological polar surface area (TPSA) is 49.8 Å². The van der Waals surface area contributed by atoms with Gasteiger partial charge in [-0.05, 0) is 32.4 Å². The van der Waals surface area contributed by atoms with Gasteiger partial charge >= 0.3 is 12.6 Å². The Morgan fingerprint density at radius 2 is 2.14 bits per heavy atom. The molecule has 0 amide bonds. The monoisotopic (exact) mass is 299 g/mol. The molecular weight excluding hydrogens is 280 g/mol. The van der Waals surface area contributed by atoms with E-state index in [1.165, 1.54) is 6.07 Å². The minimum atomic E-state index is -2.87. The van der Waals surface area contributed by atoms with E-state index in [1.54, 1.807) is 18.2 Å². The lowest BCUT2D eigenvalue weighted by atomic mass is 9.95. The number of piperidine rings is 1. The number of carbonyl (C=O) groups is 1. The van der Waals surface area contributed by atoms with Gasteiger partial charge in [0.25, 0.3) is 0 Å². The van der Waals surface area contributed by atoms with Crippen molar-refractivity contribution < 1.29 is 23.4 Å². The molecular formula is C15H19F2NO3. The van der Waals surface area contributed by atoms with Crippen LogP contribution >= 0.6 is 0 Å². The van der Waals surface area contributed by atoms with E-state index in [2.05, 4.69) is 4.74 Å². The van der Waals surface area contributed by atoms with Crippen molar-refractivity contribution in [2.45, 2.75) is 32.4 Å². The van der Waals surface area contributed by atoms with Gasteiger partial charge in [0.15, 0.2) is 0 Å². The molecule has 1 N–H and O–H groups in total. The first-order chi connectivity index (χ1) is 9.99. The average Bonchev–Trinajstić information content (AvgIpc) is 2.46. The Kier molecular flexibility index (Phi) is 5.12. The molecule has 0 bridgehead atoms. The summed E-state index contributed by atoms with van der Waals surface area (Å²) in [7, 11) is 0. The highest BCUT2D eigenvalue weighted by Gasteiger charge is 2.29. The van der Waals surface area contributed by atoms with Crippen molar-refractivity contribution >= 4 is 5.97 Å². The molecule has 6 heteroatoms. The van der Waals surface area contributed by atoms with Crippen LogP contribution in [0.2, 0.25) is 0 Å². The van der Waals surface area contributed by atoms with Gasteiger partial charge in [0.1, 0.15) is 5.75 Å². The molecule has 1 aromatic carbocycles. The Hall–Kier alpha value is -1.69. The van der Waals surface area contributed by atoms with Crippen LogP contribution in [0.1, 0.15) is 31.4 Å². The van der Waals surface area contributed by atoms with Gasteiger partial charge in [-0.1, -0.05) is 18.2 Å². The lowest BCUT2D eigenvalue weighted by molar-refractivity contribution is -0.143. The first-order valence-corrected chi connectivity index (χ1v) is 6.99. The lowest BCUT2D eigenvalue weighted by Crippen LogP contribution is -2.40. The molecule has 116 valence electrons. The van der Waals surface area contributed by atoms with E-state index in [9.17, 15) is 13.6 Å². The number of alkyl halides is 2. The second kappa shape index (κ2) is 6.85. The molecule has 1 saturated heterocycles. The van der Waals surface area contributed by atoms with Gasteiger partial charge in [0, 0.05) is 18.2 Å². The van der Waals surface area contributed by atoms with Gasteiger partial charge in [0.05, 0.1) is 5.92 Å². The van der Waals surface area contributed by atoms with E-state index >= 15 is 0 Å². The maximum Gasteiger partial charge on any atom is 0.387 e. The zero-order valence-electron chi connectivity index (χ0n) is 11.8. The first kappa shape index (κ1) is 15.7. The van der Waals surface area contributed by atoms with Crippen molar-refractivity contribution in [3.05, 3.63) is 29.8 Å². The van der Waals surface area contributed by atoms with Gasteiger partial charge in [-0.25, -0.2) is 0 Å². The molecule has 2 rings (SSSR count). The number of para-hydroxylation sites is 1. The minimum Gasteiger partial charge on any atom is -0.481 e. The standard InChI is InChI=1S/C15H19F2NO3/c1-10(18-8-4-5-11(9-18)14(19)20)12-6-2-3-7-13(12)21-15(16)17/h2-3,6-7,10-11,15H,4-5,8-9H2,1H3,(H,19,20). The zero-order chi connectivity index (χ0) is 15.4. The Balaban J connectivity index is 2.15. The second-order valence-corrected chi connectivity index (χ2v) is 5.26. The molecule has 1 aliphatic heterocycles. The highest BCUT2D eigenvalue weighted by molar-refractivity contribution is 5.70. The summed E-state index contributed by atoms with van der Waals surface area (Å²) in [5, 5.41) is 9.13. The maximum atomic E-state index is 12.5. The van der Waals surface area contributed by atoms with Crippen molar-refractivity contribution in [2.24, 2.45) is 5.92 Å². The number of halogens is 2. The number of likely N-dealkylation sites (tertiary alicyclic amines) is 1. The molecule has 21 heavy (non-hydrogen) atoms. The van der Waals surface area contributed by atoms with Crippen LogP contribution in [0, 0.1) is 5.92 Å². The largest absolute Gasteiger partial charge is 0.481 e. The van der Waals surface area contributed by atoms with Crippen LogP contribution in [0.4, 0.5) is 8.78 Å². The van der Waals surface area contributed by atoms with Crippen LogP contribution < -0.4 is 4.74 Å². The number of benzene rings is 1. The number of hydrogen-bond acceptors (Lipinski definition) is 3. The van der Waals surface area contributed by atoms with E-state index in [0.717, 1.165) is 13.0 Å². The molecule has 0 aromatic heterocycles. The molecule has 1 aliphatic rings. The third-order valence-electron chi connectivity index (χ3n) is 3.93. The third kappa shape index (κ3) is 3.91. The maximum absolute atomic E-state index is 12.5. The summed E-state index contributed by atoms with van der Waals surface area (Å²) in [6.45, 7) is 0.206. The normalized spacial score (nSPS) is 21.2. The van der Waals surface area contributed by atoms with Crippen molar-refractivity contribution in [3.8, 4) is 5.75 Å². The molecule has 0 aliphatic carbocycles. The van der Waals surface area contributed by atoms with Crippen molar-refractivity contribution in [1.82, 2.24) is 4.90 Å². The fraction of sp³-hybridized carbons (Fsp3) is 0.533. The fourth-order valence-corrected chi connectivity index (χ4v) is 2.79. The second-order valence-electron chi connectivity index (χ2n) is 5.26. The summed E-state index contributed by atoms with van der Waals surface area (Å²) in [4.78, 5) is 13.1. The van der Waals surface area contributed by atoms with E-state index in [0.29, 0.717) is 18.5 Å². The molecule has 2 atom stereocenters. The molecule has 0 saturated carbocycles. The highest BCUT2D eigenvalue weighted by Crippen LogP contribution is 2.32. The van der Waals surface area contributed by atoms with Gasteiger partial charge in [-0.15, -0.1) is 0 Å². The zero-order valence-corrected chi connectivity index (χ0v) is 11.8. The van der Waals surface area contributed by atoms with Crippen LogP contribution in [-0.2, 0) is 4.79 Å². The number of carboxylic acid groups (broad SMARTS) is 1. The predicted octanol–water partition coefficient (Wildman–Crippen LogP) is 3.15. The van der Waals surface area contributed by atoms with Crippen LogP contribution in [0.3, 0.4) is 0 Å². The lowest BCUT2D eigenvalue weighted by Gasteiger charge is -2.36. The van der Waals surface area contributed by atoms with Crippen LogP contribution in [-0.4, -0.2) is 35.7 Å². The van der Waals surface area contributed by atoms with Gasteiger partial charge in [0.2, 0.25) is 0 Å². The molecule has 0 radical (unpaired) electrons. The number of ether oxygens (including phenoxy) is 1. The highest BCUT2D eigenvalue weighted by atomic mass is 19.3. The van der Waals surface area contributed by atoms with Crippen molar-refractivity contribution in [2.75, 3.05) is 13.1 Å². The summed E-state index contributed by atoms with van der Waals surface area (Å²) >= 11 is 0. The third-order valence-corrected chi connectivity index (χ3v) is 3.93. The summed E-state index contributed by atoms with van der Waals surface area (Å²) in [5.74, 6) is -1.05. The van der Waals surface area contributed by atoms with Crippen molar-refractivity contribution in [1.29, 1.82) is 0 Å². The number of rotatable bonds is 5. The van der Waals surface area contributed by atoms with E-state index in [1.807, 2.05) is 11.8 Å². The number of hydrogen-bond donors (Lipinski definition) is 1. The van der Waals surface area contributed by atoms with Gasteiger partial charge in [-0.3, -0.25) is 9.69 Å². The molecule has 1 fully saturated rings. The van der Waals surface area contributed by atoms with Gasteiger partial charge < -0.3 is 9.84 Å². The summed E-state index contributed by atoms with van der Waals surface area (Å²) in [6.07, 6.45) is 1.45. The van der Waals surface area contributed by atoms with Crippen LogP contribution in [0.25, 0.3) is 0 Å². The van der Waals surface area contributed by atoms with Crippen LogP contribution in [0.15, 0.2) is 24.3 Å². The molecule has 1 aromatic rings. The number of aliphatic carboxylic acids is 1. The summed E-state index contributed by atoms with van der Waals surface area (Å²) in [6, 6.07) is 6.50. The first-order valence-electron chi connectivity index (χ1n) is 6.99. The number of carboxylic acids is 1. The van der Waals surface area contributed by atoms with Crippen LogP contribution in [0.5, 0.6) is 5.75 Å². The van der Waals surface area contributed by atoms with E-state index in [-0.39, 0.29) is 11.8 Å². The number of nitrogens with zero attached hydrogens (tertiary/aromatic N) is 1. The van der Waals surface area contributed by atoms with Gasteiger partial charge in [-0.2, -0.15) is 8.78 Å². The Morgan fingerprint density at radius 1 is 1.43 bits per heavy atom. The molecule has 1 heterocycles. The quantitative estimate of drug-likeness (QED) is 0.907. The summed E-state index contributed by atoms with van der Waals surface area (Å²) in [5.41, 5.74) is 0.656. The average molecular weight is 299 g/mol. The molecule has 0 spiro atoms. The smallest absolute Gasteiger partial charge is 0.387 e.